The van der Waals surface area contributed by atoms with E-state index in [1.54, 1.807) is 0 Å². The van der Waals surface area contributed by atoms with E-state index in [1.807, 2.05) is 6.08 Å². The quantitative estimate of drug-likeness (QED) is 0.304. The highest BCUT2D eigenvalue weighted by Crippen LogP contribution is 2.65. The lowest BCUT2D eigenvalue weighted by Gasteiger charge is -2.58. The predicted molar refractivity (Wildman–Crippen MR) is 121 cm³/mol. The summed E-state index contributed by atoms with van der Waals surface area (Å²) in [5, 5.41) is 0. The molecule has 0 aliphatic heterocycles. The van der Waals surface area contributed by atoms with Crippen molar-refractivity contribution in [1.82, 2.24) is 0 Å². The molecule has 0 aromatic carbocycles. The summed E-state index contributed by atoms with van der Waals surface area (Å²) in [7, 11) is 0. The van der Waals surface area contributed by atoms with Crippen LogP contribution in [0.15, 0.2) is 11.6 Å². The average molecular weight is 421 g/mol. The molecule has 0 aromatic heterocycles. The van der Waals surface area contributed by atoms with Gasteiger partial charge in [-0.25, -0.2) is 0 Å². The first-order valence-corrected chi connectivity index (χ1v) is 12.5. The van der Waals surface area contributed by atoms with E-state index in [9.17, 15) is 9.59 Å². The molecule has 0 unspecified atom stereocenters. The van der Waals surface area contributed by atoms with Gasteiger partial charge >= 0.3 is 0 Å². The Bertz CT molecular complexity index is 670. The Balaban J connectivity index is 1.55. The number of thiol groups is 2. The number of hydrogen-bond donors (Lipinski definition) is 2. The van der Waals surface area contributed by atoms with Crippen LogP contribution >= 0.6 is 25.3 Å². The Morgan fingerprint density at radius 2 is 1.82 bits per heavy atom. The number of ketones is 2. The first-order valence-electron chi connectivity index (χ1n) is 11.5. The Labute approximate surface area is 181 Å². The zero-order valence-corrected chi connectivity index (χ0v) is 19.1. The van der Waals surface area contributed by atoms with Crippen LogP contribution in [0.2, 0.25) is 0 Å². The van der Waals surface area contributed by atoms with Gasteiger partial charge in [0.05, 0.1) is 0 Å². The van der Waals surface area contributed by atoms with Crippen LogP contribution in [0.5, 0.6) is 0 Å². The summed E-state index contributed by atoms with van der Waals surface area (Å²) < 4.78 is 0.191. The minimum Gasteiger partial charge on any atom is -0.299 e. The van der Waals surface area contributed by atoms with E-state index in [0.717, 1.165) is 44.9 Å². The van der Waals surface area contributed by atoms with Crippen LogP contribution in [-0.4, -0.2) is 16.1 Å². The van der Waals surface area contributed by atoms with E-state index in [0.29, 0.717) is 29.3 Å². The normalized spacial score (nSPS) is 40.1. The maximum atomic E-state index is 12.6. The first-order chi connectivity index (χ1) is 13.4. The van der Waals surface area contributed by atoms with Crippen molar-refractivity contribution in [3.8, 4) is 0 Å². The molecule has 2 nitrogen and oxygen atoms in total. The lowest BCUT2D eigenvalue weighted by molar-refractivity contribution is -0.133. The summed E-state index contributed by atoms with van der Waals surface area (Å²) in [5.41, 5.74) is 1.66. The summed E-state index contributed by atoms with van der Waals surface area (Å²) in [6.45, 7) is 2.26. The molecule has 4 rings (SSSR count). The summed E-state index contributed by atoms with van der Waals surface area (Å²) in [5.74, 6) is 2.83. The van der Waals surface area contributed by atoms with Crippen molar-refractivity contribution in [2.45, 2.75) is 95.0 Å². The second kappa shape index (κ2) is 8.13. The highest BCUT2D eigenvalue weighted by Gasteiger charge is 2.59. The van der Waals surface area contributed by atoms with Crippen molar-refractivity contribution >= 4 is 36.8 Å². The molecule has 28 heavy (non-hydrogen) atoms. The largest absolute Gasteiger partial charge is 0.299 e. The molecular formula is C24H36O2S2. The van der Waals surface area contributed by atoms with Crippen molar-refractivity contribution in [1.29, 1.82) is 0 Å². The van der Waals surface area contributed by atoms with E-state index in [1.165, 1.54) is 44.1 Å². The van der Waals surface area contributed by atoms with Gasteiger partial charge in [-0.1, -0.05) is 31.8 Å². The lowest BCUT2D eigenvalue weighted by Crippen LogP contribution is -2.51. The number of hydrogen-bond acceptors (Lipinski definition) is 4. The maximum absolute atomic E-state index is 12.6. The Hall–Kier alpha value is -0.220. The Morgan fingerprint density at radius 3 is 2.61 bits per heavy atom. The molecule has 0 saturated heterocycles. The molecule has 0 N–H and O–H groups in total. The summed E-state index contributed by atoms with van der Waals surface area (Å²) >= 11 is 8.77. The second-order valence-electron chi connectivity index (χ2n) is 10.2. The molecule has 3 saturated carbocycles. The van der Waals surface area contributed by atoms with Gasteiger partial charge in [-0.3, -0.25) is 9.59 Å². The van der Waals surface area contributed by atoms with Crippen molar-refractivity contribution in [2.24, 2.45) is 28.6 Å². The van der Waals surface area contributed by atoms with Crippen LogP contribution in [-0.2, 0) is 9.59 Å². The lowest BCUT2D eigenvalue weighted by atomic mass is 9.46. The Morgan fingerprint density at radius 1 is 1.00 bits per heavy atom. The number of Topliss-reactive ketones (excluding diaryl/α,β-unsaturated/α-hetero) is 1. The highest BCUT2D eigenvalue weighted by atomic mass is 32.2. The molecule has 3 fully saturated rings. The van der Waals surface area contributed by atoms with Crippen molar-refractivity contribution in [2.75, 3.05) is 0 Å². The zero-order valence-electron chi connectivity index (χ0n) is 17.3. The number of fused-ring (bicyclic) bond motifs is 5. The minimum atomic E-state index is -0.0534. The maximum Gasteiger partial charge on any atom is 0.155 e. The third-order valence-electron chi connectivity index (χ3n) is 8.98. The number of carbonyl (C=O) groups excluding carboxylic acids is 2. The van der Waals surface area contributed by atoms with E-state index in [-0.39, 0.29) is 15.4 Å². The molecule has 156 valence electrons. The average Bonchev–Trinajstić information content (AvgIpc) is 2.96. The van der Waals surface area contributed by atoms with Crippen LogP contribution in [0.25, 0.3) is 0 Å². The van der Waals surface area contributed by atoms with Gasteiger partial charge in [-0.05, 0) is 80.6 Å². The minimum absolute atomic E-state index is 0.0534. The van der Waals surface area contributed by atoms with Crippen molar-refractivity contribution < 1.29 is 9.59 Å². The van der Waals surface area contributed by atoms with Crippen molar-refractivity contribution in [3.05, 3.63) is 11.6 Å². The number of unbranched alkanes of at least 4 members (excludes halogenated alkanes) is 2. The van der Waals surface area contributed by atoms with Gasteiger partial charge in [0.2, 0.25) is 0 Å². The fraction of sp³-hybridized carbons (Fsp3) is 0.833. The van der Waals surface area contributed by atoms with Gasteiger partial charge in [-0.15, -0.1) is 0 Å². The Kier molecular flexibility index (Phi) is 6.11. The van der Waals surface area contributed by atoms with Gasteiger partial charge in [0.15, 0.2) is 5.78 Å². The predicted octanol–water partition coefficient (Wildman–Crippen LogP) is 6.20. The number of carbonyl (C=O) groups is 2. The second-order valence-corrected chi connectivity index (χ2v) is 11.9. The monoisotopic (exact) mass is 420 g/mol. The summed E-state index contributed by atoms with van der Waals surface area (Å²) in [6, 6.07) is 0. The molecule has 4 aliphatic rings. The topological polar surface area (TPSA) is 34.1 Å². The third kappa shape index (κ3) is 3.55. The summed E-state index contributed by atoms with van der Waals surface area (Å²) in [6.07, 6.45) is 16.2. The van der Waals surface area contributed by atoms with E-state index in [2.05, 4.69) is 32.2 Å². The molecule has 4 aliphatic carbocycles. The molecule has 0 bridgehead atoms. The van der Waals surface area contributed by atoms with E-state index < -0.39 is 0 Å². The van der Waals surface area contributed by atoms with Crippen molar-refractivity contribution in [3.63, 3.8) is 0 Å². The van der Waals surface area contributed by atoms with Gasteiger partial charge in [-0.2, -0.15) is 25.3 Å². The molecule has 0 heterocycles. The van der Waals surface area contributed by atoms with Gasteiger partial charge in [0.1, 0.15) is 5.78 Å². The molecule has 0 aromatic rings. The zero-order chi connectivity index (χ0) is 19.9. The first kappa shape index (κ1) is 21.0. The van der Waals surface area contributed by atoms with Gasteiger partial charge in [0, 0.05) is 22.8 Å². The number of rotatable bonds is 6. The molecule has 0 spiro atoms. The fourth-order valence-electron chi connectivity index (χ4n) is 7.55. The standard InChI is InChI=1S/C24H36O2S2/c1-23-13-11-20-18(19(23)8-9-21(23)26)7-6-16-15-17(25)10-14-24(16,20)12-4-2-3-5-22(27)28/h15,18-20,22,27-28H,2-14H2,1H3/t18-,19-,20+,23-,24-/m0/s1. The summed E-state index contributed by atoms with van der Waals surface area (Å²) in [4.78, 5) is 24.9. The van der Waals surface area contributed by atoms with Gasteiger partial charge < -0.3 is 0 Å². The van der Waals surface area contributed by atoms with Crippen LogP contribution in [0.4, 0.5) is 0 Å². The van der Waals surface area contributed by atoms with E-state index >= 15 is 0 Å². The molecule has 0 radical (unpaired) electrons. The highest BCUT2D eigenvalue weighted by molar-refractivity contribution is 7.99. The van der Waals surface area contributed by atoms with Gasteiger partial charge in [0.25, 0.3) is 0 Å². The fourth-order valence-corrected chi connectivity index (χ4v) is 7.91. The van der Waals surface area contributed by atoms with Crippen LogP contribution in [0, 0.1) is 28.6 Å². The SMILES string of the molecule is C[C@]12CC[C@@H]3[C@@H](CCC4=CC(=O)CC[C@@]43CCCCCC(S)S)[C@@H]1CCC2=O. The molecule has 0 amide bonds. The van der Waals surface area contributed by atoms with Crippen LogP contribution in [0.3, 0.4) is 0 Å². The smallest absolute Gasteiger partial charge is 0.155 e. The molecule has 5 atom stereocenters. The van der Waals surface area contributed by atoms with Crippen LogP contribution in [0.1, 0.15) is 90.4 Å². The van der Waals surface area contributed by atoms with E-state index in [4.69, 9.17) is 0 Å². The molecule has 4 heteroatoms. The third-order valence-corrected chi connectivity index (χ3v) is 9.50. The van der Waals surface area contributed by atoms with Crippen LogP contribution < -0.4 is 0 Å². The molecular weight excluding hydrogens is 384 g/mol. The number of allylic oxidation sites excluding steroid dienone is 1.